The lowest BCUT2D eigenvalue weighted by Crippen LogP contribution is -2.26. The number of nitrogen functional groups attached to an aromatic ring is 1. The lowest BCUT2D eigenvalue weighted by molar-refractivity contribution is -0.00149. The highest BCUT2D eigenvalue weighted by Gasteiger charge is 2.25. The zero-order chi connectivity index (χ0) is 14.8. The van der Waals surface area contributed by atoms with Gasteiger partial charge in [-0.2, -0.15) is 0 Å². The molecule has 1 aromatic rings. The van der Waals surface area contributed by atoms with E-state index in [1.54, 1.807) is 20.8 Å². The normalized spacial score (nSPS) is 11.0. The molecule has 8 heteroatoms. The van der Waals surface area contributed by atoms with Crippen molar-refractivity contribution in [1.82, 2.24) is 4.98 Å². The number of nitrogens with zero attached hydrogens (tertiary/aromatic N) is 1. The van der Waals surface area contributed by atoms with Gasteiger partial charge in [0.2, 0.25) is 0 Å². The van der Waals surface area contributed by atoms with Crippen molar-refractivity contribution in [2.45, 2.75) is 26.4 Å². The second-order valence-corrected chi connectivity index (χ2v) is 5.77. The second-order valence-electron chi connectivity index (χ2n) is 4.53. The number of hydrogen-bond donors (Lipinski definition) is 1. The first-order chi connectivity index (χ1) is 8.61. The molecule has 0 unspecified atom stereocenters. The van der Waals surface area contributed by atoms with E-state index in [1.165, 1.54) is 6.20 Å². The summed E-state index contributed by atoms with van der Waals surface area (Å²) < 4.78 is 9.71. The summed E-state index contributed by atoms with van der Waals surface area (Å²) >= 11 is 8.98. The SMILES string of the molecule is CC(C)(C)OC(=O)OC(=O)c1c(N)ncc(Br)c1Cl. The number of aromatic nitrogens is 1. The van der Waals surface area contributed by atoms with Crippen LogP contribution in [0.15, 0.2) is 10.7 Å². The van der Waals surface area contributed by atoms with Crippen molar-refractivity contribution in [2.24, 2.45) is 0 Å². The number of hydrogen-bond acceptors (Lipinski definition) is 6. The molecule has 104 valence electrons. The Balaban J connectivity index is 2.91. The summed E-state index contributed by atoms with van der Waals surface area (Å²) in [6.07, 6.45) is 0.204. The molecule has 0 aromatic carbocycles. The molecule has 2 N–H and O–H groups in total. The van der Waals surface area contributed by atoms with E-state index in [0.717, 1.165) is 0 Å². The molecule has 1 aromatic heterocycles. The van der Waals surface area contributed by atoms with E-state index in [1.807, 2.05) is 0 Å². The topological polar surface area (TPSA) is 91.5 Å². The molecule has 6 nitrogen and oxygen atoms in total. The Morgan fingerprint density at radius 2 is 2.00 bits per heavy atom. The van der Waals surface area contributed by atoms with Crippen LogP contribution in [-0.4, -0.2) is 22.7 Å². The van der Waals surface area contributed by atoms with E-state index in [2.05, 4.69) is 25.7 Å². The zero-order valence-electron chi connectivity index (χ0n) is 10.5. The monoisotopic (exact) mass is 350 g/mol. The minimum atomic E-state index is -1.13. The smallest absolute Gasteiger partial charge is 0.428 e. The van der Waals surface area contributed by atoms with Crippen LogP contribution in [-0.2, 0) is 9.47 Å². The fourth-order valence-electron chi connectivity index (χ4n) is 1.07. The van der Waals surface area contributed by atoms with Crippen molar-refractivity contribution >= 4 is 45.5 Å². The van der Waals surface area contributed by atoms with Gasteiger partial charge in [0.05, 0.1) is 9.50 Å². The summed E-state index contributed by atoms with van der Waals surface area (Å²) in [6, 6.07) is 0. The average molecular weight is 352 g/mol. The third kappa shape index (κ3) is 4.36. The van der Waals surface area contributed by atoms with Gasteiger partial charge >= 0.3 is 12.1 Å². The zero-order valence-corrected chi connectivity index (χ0v) is 12.8. The standard InChI is InChI=1S/C11H12BrClN2O4/c1-11(2,3)19-10(17)18-9(16)6-7(13)5(12)4-15-8(6)14/h4H,1-3H3,(H2,14,15). The van der Waals surface area contributed by atoms with Crippen LogP contribution in [0.3, 0.4) is 0 Å². The van der Waals surface area contributed by atoms with Crippen LogP contribution in [0.25, 0.3) is 0 Å². The fourth-order valence-corrected chi connectivity index (χ4v) is 1.59. The summed E-state index contributed by atoms with van der Waals surface area (Å²) in [7, 11) is 0. The molecule has 0 saturated carbocycles. The summed E-state index contributed by atoms with van der Waals surface area (Å²) in [6.45, 7) is 4.92. The first-order valence-corrected chi connectivity index (χ1v) is 6.33. The number of ether oxygens (including phenoxy) is 2. The Morgan fingerprint density at radius 1 is 1.42 bits per heavy atom. The van der Waals surface area contributed by atoms with Crippen LogP contribution >= 0.6 is 27.5 Å². The molecule has 0 radical (unpaired) electrons. The predicted molar refractivity (Wildman–Crippen MR) is 73.0 cm³/mol. The molecule has 0 aliphatic carbocycles. The van der Waals surface area contributed by atoms with Crippen LogP contribution in [0.1, 0.15) is 31.1 Å². The number of carbonyl (C=O) groups is 2. The maximum atomic E-state index is 11.8. The van der Waals surface area contributed by atoms with Gasteiger partial charge in [-0.25, -0.2) is 14.6 Å². The minimum Gasteiger partial charge on any atom is -0.428 e. The van der Waals surface area contributed by atoms with Gasteiger partial charge < -0.3 is 15.2 Å². The largest absolute Gasteiger partial charge is 0.516 e. The molecule has 0 bridgehead atoms. The lowest BCUT2D eigenvalue weighted by Gasteiger charge is -2.18. The van der Waals surface area contributed by atoms with Crippen molar-refractivity contribution in [1.29, 1.82) is 0 Å². The Hall–Kier alpha value is -1.34. The number of anilines is 1. The number of pyridine rings is 1. The maximum absolute atomic E-state index is 11.8. The predicted octanol–water partition coefficient (Wildman–Crippen LogP) is 3.17. The van der Waals surface area contributed by atoms with Crippen LogP contribution in [0, 0.1) is 0 Å². The molecule has 0 saturated heterocycles. The van der Waals surface area contributed by atoms with Crippen molar-refractivity contribution in [3.05, 3.63) is 21.3 Å². The van der Waals surface area contributed by atoms with Crippen LogP contribution < -0.4 is 5.73 Å². The van der Waals surface area contributed by atoms with Crippen LogP contribution in [0.2, 0.25) is 5.02 Å². The van der Waals surface area contributed by atoms with E-state index in [0.29, 0.717) is 4.47 Å². The molecule has 0 amide bonds. The summed E-state index contributed by atoms with van der Waals surface area (Å²) in [5.74, 6) is -1.16. The lowest BCUT2D eigenvalue weighted by atomic mass is 10.2. The quantitative estimate of drug-likeness (QED) is 0.617. The minimum absolute atomic E-state index is 0.0149. The summed E-state index contributed by atoms with van der Waals surface area (Å²) in [5, 5.41) is 0.0149. The van der Waals surface area contributed by atoms with Gasteiger partial charge in [-0.05, 0) is 36.7 Å². The molecule has 1 heterocycles. The highest BCUT2D eigenvalue weighted by molar-refractivity contribution is 9.10. The Morgan fingerprint density at radius 3 is 2.53 bits per heavy atom. The van der Waals surface area contributed by atoms with E-state index < -0.39 is 17.7 Å². The van der Waals surface area contributed by atoms with Gasteiger partial charge in [-0.15, -0.1) is 0 Å². The Labute approximate surface area is 123 Å². The van der Waals surface area contributed by atoms with Crippen molar-refractivity contribution < 1.29 is 19.1 Å². The fraction of sp³-hybridized carbons (Fsp3) is 0.364. The molecule has 19 heavy (non-hydrogen) atoms. The van der Waals surface area contributed by atoms with Crippen molar-refractivity contribution in [3.8, 4) is 0 Å². The maximum Gasteiger partial charge on any atom is 0.516 e. The van der Waals surface area contributed by atoms with E-state index in [4.69, 9.17) is 22.1 Å². The molecule has 0 spiro atoms. The molecular formula is C11H12BrClN2O4. The van der Waals surface area contributed by atoms with Crippen LogP contribution in [0.5, 0.6) is 0 Å². The highest BCUT2D eigenvalue weighted by Crippen LogP contribution is 2.29. The van der Waals surface area contributed by atoms with Gasteiger partial charge in [0.1, 0.15) is 17.0 Å². The Bertz CT molecular complexity index is 528. The number of nitrogens with two attached hydrogens (primary N) is 1. The molecule has 0 fully saturated rings. The first kappa shape index (κ1) is 15.7. The molecular weight excluding hydrogens is 339 g/mol. The second kappa shape index (κ2) is 5.75. The van der Waals surface area contributed by atoms with Gasteiger partial charge in [-0.3, -0.25) is 0 Å². The van der Waals surface area contributed by atoms with Crippen molar-refractivity contribution in [2.75, 3.05) is 5.73 Å². The van der Waals surface area contributed by atoms with Crippen molar-refractivity contribution in [3.63, 3.8) is 0 Å². The van der Waals surface area contributed by atoms with Gasteiger partial charge in [-0.1, -0.05) is 11.6 Å². The molecule has 0 aliphatic heterocycles. The summed E-state index contributed by atoms with van der Waals surface area (Å²) in [4.78, 5) is 26.9. The first-order valence-electron chi connectivity index (χ1n) is 5.16. The molecule has 0 atom stereocenters. The van der Waals surface area contributed by atoms with E-state index in [-0.39, 0.29) is 16.4 Å². The third-order valence-electron chi connectivity index (χ3n) is 1.77. The van der Waals surface area contributed by atoms with Crippen LogP contribution in [0.4, 0.5) is 10.6 Å². The highest BCUT2D eigenvalue weighted by atomic mass is 79.9. The van der Waals surface area contributed by atoms with Gasteiger partial charge in [0.15, 0.2) is 0 Å². The number of rotatable bonds is 1. The number of carbonyl (C=O) groups excluding carboxylic acids is 2. The number of esters is 1. The van der Waals surface area contributed by atoms with E-state index in [9.17, 15) is 9.59 Å². The molecule has 0 aliphatic rings. The van der Waals surface area contributed by atoms with E-state index >= 15 is 0 Å². The molecule has 1 rings (SSSR count). The van der Waals surface area contributed by atoms with Gasteiger partial charge in [0, 0.05) is 6.20 Å². The number of halogens is 2. The Kier molecular flexibility index (Phi) is 4.75. The third-order valence-corrected chi connectivity index (χ3v) is 2.99. The summed E-state index contributed by atoms with van der Waals surface area (Å²) in [5.41, 5.74) is 4.56. The average Bonchev–Trinajstić information content (AvgIpc) is 2.21. The van der Waals surface area contributed by atoms with Gasteiger partial charge in [0.25, 0.3) is 0 Å².